The van der Waals surface area contributed by atoms with Crippen LogP contribution in [0.15, 0.2) is 63.2 Å². The van der Waals surface area contributed by atoms with Gasteiger partial charge in [0.2, 0.25) is 10.0 Å². The molecule has 0 saturated heterocycles. The topological polar surface area (TPSA) is 68.5 Å². The molecule has 0 radical (unpaired) electrons. The van der Waals surface area contributed by atoms with Crippen LogP contribution in [0.2, 0.25) is 0 Å². The van der Waals surface area contributed by atoms with Crippen molar-refractivity contribution >= 4 is 21.4 Å². The van der Waals surface area contributed by atoms with Gasteiger partial charge >= 0.3 is 0 Å². The molecule has 7 heteroatoms. The summed E-state index contributed by atoms with van der Waals surface area (Å²) in [5.74, 6) is 1.96. The normalized spacial score (nSPS) is 11.6. The highest BCUT2D eigenvalue weighted by molar-refractivity contribution is 7.89. The molecule has 0 atom stereocenters. The average Bonchev–Trinajstić information content (AvgIpc) is 3.30. The molecule has 3 rings (SSSR count). The van der Waals surface area contributed by atoms with Crippen molar-refractivity contribution in [1.29, 1.82) is 0 Å². The summed E-state index contributed by atoms with van der Waals surface area (Å²) in [4.78, 5) is 1.21. The van der Waals surface area contributed by atoms with Crippen molar-refractivity contribution in [3.05, 3.63) is 59.7 Å². The summed E-state index contributed by atoms with van der Waals surface area (Å²) in [5.41, 5.74) is 0. The Hall–Kier alpha value is -2.09. The van der Waals surface area contributed by atoms with E-state index < -0.39 is 10.0 Å². The first-order chi connectivity index (χ1) is 12.1. The number of sulfonamides is 1. The highest BCUT2D eigenvalue weighted by atomic mass is 32.2. The lowest BCUT2D eigenvalue weighted by Gasteiger charge is -2.07. The van der Waals surface area contributed by atoms with Crippen molar-refractivity contribution in [1.82, 2.24) is 4.72 Å². The van der Waals surface area contributed by atoms with Crippen molar-refractivity contribution in [2.45, 2.75) is 24.8 Å². The van der Waals surface area contributed by atoms with E-state index in [4.69, 9.17) is 9.15 Å². The average molecular weight is 377 g/mol. The molecule has 1 N–H and O–H groups in total. The minimum atomic E-state index is -3.60. The van der Waals surface area contributed by atoms with Gasteiger partial charge in [0.1, 0.15) is 17.3 Å². The van der Waals surface area contributed by atoms with Gasteiger partial charge < -0.3 is 9.15 Å². The molecule has 1 aromatic carbocycles. The van der Waals surface area contributed by atoms with Gasteiger partial charge in [-0.25, -0.2) is 13.1 Å². The predicted molar refractivity (Wildman–Crippen MR) is 98.3 cm³/mol. The third kappa shape index (κ3) is 4.50. The van der Waals surface area contributed by atoms with E-state index in [1.165, 1.54) is 12.1 Å². The van der Waals surface area contributed by atoms with Crippen LogP contribution in [0.5, 0.6) is 5.75 Å². The van der Waals surface area contributed by atoms with Gasteiger partial charge in [-0.1, -0.05) is 13.0 Å². The number of benzene rings is 1. The molecule has 5 nitrogen and oxygen atoms in total. The summed E-state index contributed by atoms with van der Waals surface area (Å²) >= 11 is 1.57. The molecule has 0 bridgehead atoms. The van der Waals surface area contributed by atoms with Gasteiger partial charge in [-0.3, -0.25) is 0 Å². The van der Waals surface area contributed by atoms with Crippen molar-refractivity contribution in [3.63, 3.8) is 0 Å². The molecule has 0 amide bonds. The van der Waals surface area contributed by atoms with E-state index in [0.717, 1.165) is 17.1 Å². The second-order valence-electron chi connectivity index (χ2n) is 5.39. The minimum absolute atomic E-state index is 0.0990. The summed E-state index contributed by atoms with van der Waals surface area (Å²) < 4.78 is 38.5. The molecular weight excluding hydrogens is 358 g/mol. The van der Waals surface area contributed by atoms with Crippen LogP contribution in [-0.2, 0) is 16.6 Å². The fraction of sp³-hybridized carbons (Fsp3) is 0.222. The third-order valence-electron chi connectivity index (χ3n) is 3.47. The Bertz CT molecular complexity index is 897. The maximum Gasteiger partial charge on any atom is 0.240 e. The van der Waals surface area contributed by atoms with Crippen LogP contribution in [-0.4, -0.2) is 15.0 Å². The molecule has 0 unspecified atom stereocenters. The predicted octanol–water partition coefficient (Wildman–Crippen LogP) is 4.28. The van der Waals surface area contributed by atoms with Gasteiger partial charge in [0, 0.05) is 0 Å². The number of thiophene rings is 1. The third-order valence-corrected chi connectivity index (χ3v) is 5.77. The molecule has 3 aromatic rings. The van der Waals surface area contributed by atoms with Crippen LogP contribution in [0, 0.1) is 0 Å². The fourth-order valence-electron chi connectivity index (χ4n) is 2.21. The first-order valence-corrected chi connectivity index (χ1v) is 10.3. The Morgan fingerprint density at radius 1 is 1.12 bits per heavy atom. The number of nitrogens with one attached hydrogen (secondary N) is 1. The van der Waals surface area contributed by atoms with Crippen LogP contribution >= 0.6 is 11.3 Å². The monoisotopic (exact) mass is 377 g/mol. The second kappa shape index (κ2) is 7.86. The van der Waals surface area contributed by atoms with E-state index in [0.29, 0.717) is 18.1 Å². The van der Waals surface area contributed by atoms with Crippen LogP contribution in [0.1, 0.15) is 19.1 Å². The van der Waals surface area contributed by atoms with E-state index in [2.05, 4.69) is 4.72 Å². The van der Waals surface area contributed by atoms with E-state index in [1.807, 2.05) is 30.5 Å². The van der Waals surface area contributed by atoms with Crippen molar-refractivity contribution in [2.24, 2.45) is 0 Å². The second-order valence-corrected chi connectivity index (χ2v) is 8.10. The van der Waals surface area contributed by atoms with Gasteiger partial charge in [-0.2, -0.15) is 0 Å². The lowest BCUT2D eigenvalue weighted by atomic mass is 10.3. The molecule has 25 heavy (non-hydrogen) atoms. The van der Waals surface area contributed by atoms with Crippen LogP contribution in [0.3, 0.4) is 0 Å². The summed E-state index contributed by atoms with van der Waals surface area (Å²) in [6, 6.07) is 13.9. The number of furan rings is 1. The summed E-state index contributed by atoms with van der Waals surface area (Å²) in [6.45, 7) is 2.72. The van der Waals surface area contributed by atoms with E-state index in [1.54, 1.807) is 29.5 Å². The van der Waals surface area contributed by atoms with Gasteiger partial charge in [-0.15, -0.1) is 11.3 Å². The Kier molecular flexibility index (Phi) is 5.57. The zero-order valence-corrected chi connectivity index (χ0v) is 15.4. The molecule has 2 heterocycles. The Balaban J connectivity index is 1.63. The zero-order chi connectivity index (χ0) is 17.7. The van der Waals surface area contributed by atoms with Gasteiger partial charge in [-0.05, 0) is 54.3 Å². The Morgan fingerprint density at radius 3 is 2.60 bits per heavy atom. The van der Waals surface area contributed by atoms with Gasteiger partial charge in [0.05, 0.1) is 22.9 Å². The molecule has 0 spiro atoms. The molecule has 0 fully saturated rings. The smallest absolute Gasteiger partial charge is 0.240 e. The molecule has 0 saturated carbocycles. The SMILES string of the molecule is CCCOc1ccc(S(=O)(=O)NCc2ccc(-c3cccs3)o2)cc1. The lowest BCUT2D eigenvalue weighted by molar-refractivity contribution is 0.317. The lowest BCUT2D eigenvalue weighted by Crippen LogP contribution is -2.22. The molecule has 0 aliphatic heterocycles. The Labute approximate surface area is 151 Å². The van der Waals surface area contributed by atoms with E-state index in [9.17, 15) is 8.42 Å². The van der Waals surface area contributed by atoms with Crippen LogP contribution in [0.4, 0.5) is 0 Å². The number of hydrogen-bond donors (Lipinski definition) is 1. The maximum absolute atomic E-state index is 12.4. The van der Waals surface area contributed by atoms with Crippen molar-refractivity contribution in [3.8, 4) is 16.4 Å². The number of rotatable bonds is 8. The van der Waals surface area contributed by atoms with E-state index >= 15 is 0 Å². The van der Waals surface area contributed by atoms with Crippen LogP contribution in [0.25, 0.3) is 10.6 Å². The zero-order valence-electron chi connectivity index (χ0n) is 13.8. The molecule has 132 valence electrons. The summed E-state index contributed by atoms with van der Waals surface area (Å²) in [6.07, 6.45) is 0.901. The van der Waals surface area contributed by atoms with Crippen LogP contribution < -0.4 is 9.46 Å². The standard InChI is InChI=1S/C18H19NO4S2/c1-2-11-22-14-5-8-16(9-6-14)25(20,21)19-13-15-7-10-17(23-15)18-4-3-12-24-18/h3-10,12,19H,2,11,13H2,1H3. The highest BCUT2D eigenvalue weighted by Crippen LogP contribution is 2.26. The van der Waals surface area contributed by atoms with E-state index in [-0.39, 0.29) is 11.4 Å². The Morgan fingerprint density at radius 2 is 1.92 bits per heavy atom. The molecule has 2 aromatic heterocycles. The quantitative estimate of drug-likeness (QED) is 0.636. The highest BCUT2D eigenvalue weighted by Gasteiger charge is 2.15. The summed E-state index contributed by atoms with van der Waals surface area (Å²) in [5, 5.41) is 1.97. The van der Waals surface area contributed by atoms with Crippen molar-refractivity contribution < 1.29 is 17.6 Å². The number of ether oxygens (including phenoxy) is 1. The van der Waals surface area contributed by atoms with Gasteiger partial charge in [0.15, 0.2) is 0 Å². The van der Waals surface area contributed by atoms with Gasteiger partial charge in [0.25, 0.3) is 0 Å². The maximum atomic E-state index is 12.4. The minimum Gasteiger partial charge on any atom is -0.494 e. The number of hydrogen-bond acceptors (Lipinski definition) is 5. The molecule has 0 aliphatic rings. The first kappa shape index (κ1) is 17.7. The van der Waals surface area contributed by atoms with Crippen molar-refractivity contribution in [2.75, 3.05) is 6.61 Å². The fourth-order valence-corrected chi connectivity index (χ4v) is 3.89. The first-order valence-electron chi connectivity index (χ1n) is 7.93. The largest absolute Gasteiger partial charge is 0.494 e. The molecule has 0 aliphatic carbocycles. The molecular formula is C18H19NO4S2. The summed E-state index contributed by atoms with van der Waals surface area (Å²) in [7, 11) is -3.60.